The molecule has 0 aromatic heterocycles. The van der Waals surface area contributed by atoms with E-state index in [2.05, 4.69) is 35.3 Å². The third-order valence-corrected chi connectivity index (χ3v) is 4.71. The summed E-state index contributed by atoms with van der Waals surface area (Å²) in [4.78, 5) is 2.65. The van der Waals surface area contributed by atoms with Crippen LogP contribution in [0.4, 0.5) is 0 Å². The van der Waals surface area contributed by atoms with Crippen molar-refractivity contribution in [2.24, 2.45) is 11.8 Å². The highest BCUT2D eigenvalue weighted by atomic mass is 35.5. The first-order chi connectivity index (χ1) is 8.78. The van der Waals surface area contributed by atoms with Gasteiger partial charge >= 0.3 is 0 Å². The molecule has 3 unspecified atom stereocenters. The Labute approximate surface area is 114 Å². The average molecular weight is 265 g/mol. The van der Waals surface area contributed by atoms with E-state index in [4.69, 9.17) is 11.6 Å². The van der Waals surface area contributed by atoms with Crippen molar-refractivity contribution in [3.05, 3.63) is 34.9 Å². The Balaban J connectivity index is 1.77. The van der Waals surface area contributed by atoms with Gasteiger partial charge in [-0.3, -0.25) is 4.90 Å². The third-order valence-electron chi connectivity index (χ3n) is 4.48. The fraction of sp³-hybridized carbons (Fsp3) is 0.600. The number of hydrogen-bond donors (Lipinski definition) is 1. The van der Waals surface area contributed by atoms with E-state index in [1.54, 1.807) is 0 Å². The van der Waals surface area contributed by atoms with Crippen molar-refractivity contribution in [1.29, 1.82) is 0 Å². The first-order valence-electron chi connectivity index (χ1n) is 6.98. The number of nitrogens with one attached hydrogen (secondary N) is 1. The smallest absolute Gasteiger partial charge is 0.0409 e. The van der Waals surface area contributed by atoms with Gasteiger partial charge in [0.2, 0.25) is 0 Å². The van der Waals surface area contributed by atoms with Crippen molar-refractivity contribution < 1.29 is 0 Å². The minimum absolute atomic E-state index is 0.536. The quantitative estimate of drug-likeness (QED) is 0.903. The zero-order valence-corrected chi connectivity index (χ0v) is 11.7. The molecule has 1 N–H and O–H groups in total. The van der Waals surface area contributed by atoms with Gasteiger partial charge in [0.1, 0.15) is 0 Å². The van der Waals surface area contributed by atoms with E-state index in [1.165, 1.54) is 31.7 Å². The highest BCUT2D eigenvalue weighted by molar-refractivity contribution is 6.30. The summed E-state index contributed by atoms with van der Waals surface area (Å²) in [7, 11) is 0. The molecule has 2 heterocycles. The van der Waals surface area contributed by atoms with E-state index in [0.29, 0.717) is 6.04 Å². The molecule has 2 saturated heterocycles. The molecule has 3 heteroatoms. The van der Waals surface area contributed by atoms with Crippen LogP contribution < -0.4 is 5.32 Å². The largest absolute Gasteiger partial charge is 0.316 e. The molecule has 2 aliphatic rings. The number of hydrogen-bond acceptors (Lipinski definition) is 2. The van der Waals surface area contributed by atoms with Crippen LogP contribution in [0.2, 0.25) is 5.02 Å². The van der Waals surface area contributed by atoms with Crippen molar-refractivity contribution in [3.63, 3.8) is 0 Å². The Morgan fingerprint density at radius 3 is 2.67 bits per heavy atom. The van der Waals surface area contributed by atoms with E-state index < -0.39 is 0 Å². The monoisotopic (exact) mass is 264 g/mol. The Bertz CT molecular complexity index is 409. The molecule has 18 heavy (non-hydrogen) atoms. The number of nitrogens with zero attached hydrogens (tertiary/aromatic N) is 1. The molecule has 0 spiro atoms. The second-order valence-corrected chi connectivity index (χ2v) is 6.05. The van der Waals surface area contributed by atoms with Crippen LogP contribution in [0.5, 0.6) is 0 Å². The van der Waals surface area contributed by atoms with Crippen molar-refractivity contribution in [1.82, 2.24) is 10.2 Å². The summed E-state index contributed by atoms with van der Waals surface area (Å²) in [6, 6.07) is 8.91. The number of likely N-dealkylation sites (tertiary alicyclic amines) is 1. The normalized spacial score (nSPS) is 29.4. The fourth-order valence-electron chi connectivity index (χ4n) is 3.56. The van der Waals surface area contributed by atoms with Crippen molar-refractivity contribution in [3.8, 4) is 0 Å². The highest BCUT2D eigenvalue weighted by Gasteiger charge is 2.38. The van der Waals surface area contributed by atoms with Gasteiger partial charge in [0.25, 0.3) is 0 Å². The Kier molecular flexibility index (Phi) is 3.60. The lowest BCUT2D eigenvalue weighted by Gasteiger charge is -2.28. The molecule has 1 aromatic carbocycles. The number of halogens is 1. The van der Waals surface area contributed by atoms with Crippen LogP contribution in [-0.4, -0.2) is 31.1 Å². The summed E-state index contributed by atoms with van der Waals surface area (Å²) < 4.78 is 0. The fourth-order valence-corrected chi connectivity index (χ4v) is 3.76. The molecule has 2 fully saturated rings. The van der Waals surface area contributed by atoms with E-state index in [1.807, 2.05) is 6.07 Å². The lowest BCUT2D eigenvalue weighted by molar-refractivity contribution is 0.222. The van der Waals surface area contributed by atoms with Crippen molar-refractivity contribution >= 4 is 11.6 Å². The van der Waals surface area contributed by atoms with Gasteiger partial charge in [-0.1, -0.05) is 30.7 Å². The van der Waals surface area contributed by atoms with Gasteiger partial charge in [0, 0.05) is 24.2 Å². The first kappa shape index (κ1) is 12.5. The summed E-state index contributed by atoms with van der Waals surface area (Å²) >= 11 is 6.12. The Hall–Kier alpha value is -0.570. The van der Waals surface area contributed by atoms with Gasteiger partial charge < -0.3 is 5.32 Å². The Morgan fingerprint density at radius 2 is 2.06 bits per heavy atom. The van der Waals surface area contributed by atoms with E-state index in [0.717, 1.165) is 23.3 Å². The van der Waals surface area contributed by atoms with E-state index >= 15 is 0 Å². The van der Waals surface area contributed by atoms with Gasteiger partial charge in [0.15, 0.2) is 0 Å². The second-order valence-electron chi connectivity index (χ2n) is 5.61. The molecule has 1 aromatic rings. The third kappa shape index (κ3) is 2.29. The summed E-state index contributed by atoms with van der Waals surface area (Å²) in [5, 5.41) is 4.36. The van der Waals surface area contributed by atoms with Crippen LogP contribution in [0.1, 0.15) is 24.9 Å². The van der Waals surface area contributed by atoms with Crippen LogP contribution in [0.15, 0.2) is 24.3 Å². The lowest BCUT2D eigenvalue weighted by Crippen LogP contribution is -2.29. The summed E-state index contributed by atoms with van der Waals surface area (Å²) in [6.07, 6.45) is 1.16. The predicted octanol–water partition coefficient (Wildman–Crippen LogP) is 2.94. The molecule has 0 aliphatic carbocycles. The summed E-state index contributed by atoms with van der Waals surface area (Å²) in [6.45, 7) is 7.16. The molecular formula is C15H21ClN2. The van der Waals surface area contributed by atoms with Crippen LogP contribution in [0, 0.1) is 11.8 Å². The molecule has 2 aliphatic heterocycles. The minimum atomic E-state index is 0.536. The van der Waals surface area contributed by atoms with Crippen LogP contribution >= 0.6 is 11.6 Å². The molecular weight excluding hydrogens is 244 g/mol. The van der Waals surface area contributed by atoms with Crippen LogP contribution in [0.25, 0.3) is 0 Å². The zero-order valence-electron chi connectivity index (χ0n) is 10.9. The lowest BCUT2D eigenvalue weighted by atomic mass is 10.0. The molecule has 0 radical (unpaired) electrons. The first-order valence-corrected chi connectivity index (χ1v) is 7.36. The SMILES string of the molecule is CCC(c1cccc(Cl)c1)N1CC2CNCC2C1. The number of benzene rings is 1. The van der Waals surface area contributed by atoms with Gasteiger partial charge in [-0.15, -0.1) is 0 Å². The highest BCUT2D eigenvalue weighted by Crippen LogP contribution is 2.35. The standard InChI is InChI=1S/C15H21ClN2/c1-2-15(11-4-3-5-14(16)6-11)18-9-12-7-17-8-13(12)10-18/h3-6,12-13,15,17H,2,7-10H2,1H3. The maximum absolute atomic E-state index is 6.12. The molecule has 3 atom stereocenters. The van der Waals surface area contributed by atoms with Gasteiger partial charge in [-0.2, -0.15) is 0 Å². The van der Waals surface area contributed by atoms with E-state index in [9.17, 15) is 0 Å². The zero-order chi connectivity index (χ0) is 12.5. The number of fused-ring (bicyclic) bond motifs is 1. The van der Waals surface area contributed by atoms with Gasteiger partial charge in [0.05, 0.1) is 0 Å². The number of rotatable bonds is 3. The maximum atomic E-state index is 6.12. The van der Waals surface area contributed by atoms with Gasteiger partial charge in [-0.05, 0) is 49.0 Å². The molecule has 3 rings (SSSR count). The summed E-state index contributed by atoms with van der Waals surface area (Å²) in [5.41, 5.74) is 1.37. The maximum Gasteiger partial charge on any atom is 0.0409 e. The Morgan fingerprint density at radius 1 is 1.33 bits per heavy atom. The van der Waals surface area contributed by atoms with Gasteiger partial charge in [-0.25, -0.2) is 0 Å². The van der Waals surface area contributed by atoms with Crippen molar-refractivity contribution in [2.75, 3.05) is 26.2 Å². The average Bonchev–Trinajstić information content (AvgIpc) is 2.91. The molecule has 98 valence electrons. The van der Waals surface area contributed by atoms with Crippen LogP contribution in [-0.2, 0) is 0 Å². The molecule has 0 bridgehead atoms. The second kappa shape index (κ2) is 5.20. The molecule has 2 nitrogen and oxygen atoms in total. The molecule has 0 saturated carbocycles. The van der Waals surface area contributed by atoms with Crippen LogP contribution in [0.3, 0.4) is 0 Å². The molecule has 0 amide bonds. The topological polar surface area (TPSA) is 15.3 Å². The predicted molar refractivity (Wildman–Crippen MR) is 75.9 cm³/mol. The van der Waals surface area contributed by atoms with Crippen molar-refractivity contribution in [2.45, 2.75) is 19.4 Å². The summed E-state index contributed by atoms with van der Waals surface area (Å²) in [5.74, 6) is 1.72. The van der Waals surface area contributed by atoms with E-state index in [-0.39, 0.29) is 0 Å². The minimum Gasteiger partial charge on any atom is -0.316 e.